The Hall–Kier alpha value is -9.71. The van der Waals surface area contributed by atoms with Crippen LogP contribution in [0.25, 0.3) is 144 Å². The lowest BCUT2D eigenvalue weighted by Gasteiger charge is -2.12. The van der Waals surface area contributed by atoms with Crippen molar-refractivity contribution in [2.45, 2.75) is 0 Å². The molecule has 5 heteroatoms. The van der Waals surface area contributed by atoms with Gasteiger partial charge < -0.3 is 4.57 Å². The van der Waals surface area contributed by atoms with Crippen LogP contribution in [0, 0.1) is 0 Å². The highest BCUT2D eigenvalue weighted by molar-refractivity contribution is 6.29. The van der Waals surface area contributed by atoms with Gasteiger partial charge in [0.2, 0.25) is 5.95 Å². The molecule has 0 aliphatic heterocycles. The topological polar surface area (TPSA) is 48.5 Å². The molecule has 3 heterocycles. The number of fused-ring (bicyclic) bond motifs is 10. The van der Waals surface area contributed by atoms with Crippen LogP contribution >= 0.6 is 0 Å². The zero-order valence-corrected chi connectivity index (χ0v) is 38.9. The number of nitrogens with zero attached hydrogens (tertiary/aromatic N) is 5. The lowest BCUT2D eigenvalue weighted by atomic mass is 9.96. The molecule has 11 aromatic carbocycles. The van der Waals surface area contributed by atoms with Crippen LogP contribution in [0.2, 0.25) is 0 Å². The van der Waals surface area contributed by atoms with Crippen molar-refractivity contribution in [2.75, 3.05) is 0 Å². The average molecular weight is 916 g/mol. The van der Waals surface area contributed by atoms with Crippen LogP contribution in [0.1, 0.15) is 0 Å². The highest BCUT2D eigenvalue weighted by Gasteiger charge is 2.26. The minimum absolute atomic E-state index is 0.563. The second-order valence-corrected chi connectivity index (χ2v) is 18.7. The molecule has 0 fully saturated rings. The second kappa shape index (κ2) is 15.9. The Balaban J connectivity index is 0.906. The van der Waals surface area contributed by atoms with Crippen LogP contribution in [-0.2, 0) is 0 Å². The minimum atomic E-state index is 0.563. The molecule has 334 valence electrons. The predicted molar refractivity (Wildman–Crippen MR) is 298 cm³/mol. The van der Waals surface area contributed by atoms with E-state index >= 15 is 0 Å². The van der Waals surface area contributed by atoms with Gasteiger partial charge in [0.05, 0.1) is 22.1 Å². The Morgan fingerprint density at radius 2 is 0.694 bits per heavy atom. The number of para-hydroxylation sites is 2. The molecule has 0 bridgehead atoms. The molecule has 0 N–H and O–H groups in total. The lowest BCUT2D eigenvalue weighted by molar-refractivity contribution is 0.953. The molecule has 1 aliphatic carbocycles. The van der Waals surface area contributed by atoms with Gasteiger partial charge in [-0.2, -0.15) is 9.97 Å². The quantitative estimate of drug-likeness (QED) is 0.160. The third-order valence-corrected chi connectivity index (χ3v) is 14.7. The smallest absolute Gasteiger partial charge is 0.238 e. The largest absolute Gasteiger partial charge is 0.309 e. The molecule has 0 unspecified atom stereocenters. The maximum Gasteiger partial charge on any atom is 0.238 e. The molecule has 5 nitrogen and oxygen atoms in total. The Morgan fingerprint density at radius 1 is 0.236 bits per heavy atom. The van der Waals surface area contributed by atoms with Gasteiger partial charge in [-0.05, 0) is 115 Å². The maximum absolute atomic E-state index is 5.30. The van der Waals surface area contributed by atoms with Crippen molar-refractivity contribution in [3.8, 4) is 90.0 Å². The van der Waals surface area contributed by atoms with Crippen molar-refractivity contribution < 1.29 is 0 Å². The van der Waals surface area contributed by atoms with Crippen LogP contribution < -0.4 is 0 Å². The van der Waals surface area contributed by atoms with Gasteiger partial charge in [-0.1, -0.05) is 200 Å². The molecule has 0 radical (unpaired) electrons. The fourth-order valence-electron chi connectivity index (χ4n) is 11.4. The van der Waals surface area contributed by atoms with Gasteiger partial charge in [0.25, 0.3) is 0 Å². The number of hydrogen-bond acceptors (Lipinski definition) is 3. The summed E-state index contributed by atoms with van der Waals surface area (Å²) in [7, 11) is 0. The number of benzene rings is 11. The van der Waals surface area contributed by atoms with Crippen LogP contribution in [0.3, 0.4) is 0 Å². The molecule has 0 spiro atoms. The molecule has 14 aromatic rings. The zero-order valence-electron chi connectivity index (χ0n) is 38.9. The first kappa shape index (κ1) is 40.2. The monoisotopic (exact) mass is 915 g/mol. The Morgan fingerprint density at radius 3 is 1.33 bits per heavy atom. The molecule has 72 heavy (non-hydrogen) atoms. The summed E-state index contributed by atoms with van der Waals surface area (Å²) in [6.07, 6.45) is 0. The summed E-state index contributed by atoms with van der Waals surface area (Å²) in [5.74, 6) is 1.78. The van der Waals surface area contributed by atoms with Crippen molar-refractivity contribution in [3.63, 3.8) is 0 Å². The van der Waals surface area contributed by atoms with Gasteiger partial charge in [-0.3, -0.25) is 4.57 Å². The maximum atomic E-state index is 5.30. The second-order valence-electron chi connectivity index (χ2n) is 18.7. The van der Waals surface area contributed by atoms with Gasteiger partial charge in [0, 0.05) is 38.4 Å². The molecule has 0 saturated heterocycles. The summed E-state index contributed by atoms with van der Waals surface area (Å²) < 4.78 is 4.65. The average Bonchev–Trinajstić information content (AvgIpc) is 4.09. The van der Waals surface area contributed by atoms with E-state index in [0.717, 1.165) is 72.0 Å². The summed E-state index contributed by atoms with van der Waals surface area (Å²) in [5, 5.41) is 7.36. The summed E-state index contributed by atoms with van der Waals surface area (Å²) >= 11 is 0. The van der Waals surface area contributed by atoms with Crippen molar-refractivity contribution in [3.05, 3.63) is 249 Å². The molecule has 0 saturated carbocycles. The standard InChI is InChI=1S/C67H41N5/c1-4-15-42(16-5-1)44-27-31-46(32-28-44)65-68-66(47-33-29-45(30-34-47)43-17-6-2-7-18-43)70-67(69-65)72-59-26-13-12-23-53(59)56-39-48(35-37-60(56)72)49-36-38-61-58(40-49)64-55-25-14-24-54-51-21-10-11-22-52(51)57(63(54)55)41-62(64)71(61)50-19-8-3-9-20-50/h1-41H. The summed E-state index contributed by atoms with van der Waals surface area (Å²) in [5.41, 5.74) is 19.5. The van der Waals surface area contributed by atoms with Crippen molar-refractivity contribution in [2.24, 2.45) is 0 Å². The highest BCUT2D eigenvalue weighted by Crippen LogP contribution is 2.51. The lowest BCUT2D eigenvalue weighted by Crippen LogP contribution is -2.06. The zero-order chi connectivity index (χ0) is 47.3. The van der Waals surface area contributed by atoms with Gasteiger partial charge in [-0.25, -0.2) is 4.98 Å². The molecule has 15 rings (SSSR count). The third-order valence-electron chi connectivity index (χ3n) is 14.7. The van der Waals surface area contributed by atoms with Crippen LogP contribution in [-0.4, -0.2) is 24.1 Å². The van der Waals surface area contributed by atoms with E-state index in [1.54, 1.807) is 0 Å². The van der Waals surface area contributed by atoms with Crippen LogP contribution in [0.4, 0.5) is 0 Å². The molecule has 0 amide bonds. The molecular formula is C67H41N5. The van der Waals surface area contributed by atoms with E-state index in [2.05, 4.69) is 246 Å². The van der Waals surface area contributed by atoms with E-state index in [-0.39, 0.29) is 0 Å². The van der Waals surface area contributed by atoms with E-state index in [9.17, 15) is 0 Å². The van der Waals surface area contributed by atoms with Crippen LogP contribution in [0.5, 0.6) is 0 Å². The number of aromatic nitrogens is 5. The van der Waals surface area contributed by atoms with E-state index < -0.39 is 0 Å². The fourth-order valence-corrected chi connectivity index (χ4v) is 11.4. The first-order valence-corrected chi connectivity index (χ1v) is 24.5. The SMILES string of the molecule is c1ccc(-c2ccc(-c3nc(-c4ccc(-c5ccccc5)cc4)nc(-n4c5ccccc5c5cc(-c6ccc7c(c6)c6c8cccc9c8c(cc6n7-c6ccccc6)-c6ccccc6-9)ccc54)n3)cc2)cc1. The minimum Gasteiger partial charge on any atom is -0.309 e. The third kappa shape index (κ3) is 6.24. The Bertz CT molecular complexity index is 4360. The fraction of sp³-hybridized carbons (Fsp3) is 0. The Labute approximate surface area is 415 Å². The van der Waals surface area contributed by atoms with E-state index in [1.807, 2.05) is 12.1 Å². The molecular weight excluding hydrogens is 875 g/mol. The van der Waals surface area contributed by atoms with E-state index in [1.165, 1.54) is 54.8 Å². The summed E-state index contributed by atoms with van der Waals surface area (Å²) in [6, 6.07) is 89.3. The molecule has 3 aromatic heterocycles. The highest BCUT2D eigenvalue weighted by atomic mass is 15.2. The summed E-state index contributed by atoms with van der Waals surface area (Å²) in [4.78, 5) is 15.8. The van der Waals surface area contributed by atoms with Gasteiger partial charge in [0.1, 0.15) is 0 Å². The van der Waals surface area contributed by atoms with E-state index in [0.29, 0.717) is 17.6 Å². The number of rotatable bonds is 7. The van der Waals surface area contributed by atoms with Crippen molar-refractivity contribution in [1.82, 2.24) is 24.1 Å². The number of hydrogen-bond donors (Lipinski definition) is 0. The van der Waals surface area contributed by atoms with Crippen molar-refractivity contribution in [1.29, 1.82) is 0 Å². The predicted octanol–water partition coefficient (Wildman–Crippen LogP) is 17.2. The molecule has 0 atom stereocenters. The van der Waals surface area contributed by atoms with Gasteiger partial charge in [-0.15, -0.1) is 0 Å². The first-order chi connectivity index (χ1) is 35.7. The van der Waals surface area contributed by atoms with Crippen LogP contribution in [0.15, 0.2) is 249 Å². The normalized spacial score (nSPS) is 11.9. The van der Waals surface area contributed by atoms with E-state index in [4.69, 9.17) is 15.0 Å². The Kier molecular flexibility index (Phi) is 8.89. The van der Waals surface area contributed by atoms with Crippen molar-refractivity contribution >= 4 is 54.4 Å². The van der Waals surface area contributed by atoms with Gasteiger partial charge in [0.15, 0.2) is 11.6 Å². The summed E-state index contributed by atoms with van der Waals surface area (Å²) in [6.45, 7) is 0. The molecule has 1 aliphatic rings. The van der Waals surface area contributed by atoms with Gasteiger partial charge >= 0.3 is 0 Å². The first-order valence-electron chi connectivity index (χ1n) is 24.5.